The van der Waals surface area contributed by atoms with E-state index < -0.39 is 23.7 Å². The molecule has 2 aromatic carbocycles. The van der Waals surface area contributed by atoms with Crippen molar-refractivity contribution in [1.82, 2.24) is 5.32 Å². The maximum Gasteiger partial charge on any atom is 0.336 e. The van der Waals surface area contributed by atoms with E-state index in [1.807, 2.05) is 0 Å². The lowest BCUT2D eigenvalue weighted by Gasteiger charge is -2.15. The summed E-state index contributed by atoms with van der Waals surface area (Å²) in [6.07, 6.45) is 0. The van der Waals surface area contributed by atoms with Crippen molar-refractivity contribution in [1.29, 1.82) is 0 Å². The van der Waals surface area contributed by atoms with Crippen molar-refractivity contribution in [2.24, 2.45) is 0 Å². The minimum Gasteiger partial charge on any atom is -0.478 e. The zero-order valence-corrected chi connectivity index (χ0v) is 11.3. The van der Waals surface area contributed by atoms with Crippen LogP contribution in [0.4, 0.5) is 4.39 Å². The normalized spacial score (nSPS) is 11.7. The molecule has 4 nitrogen and oxygen atoms in total. The van der Waals surface area contributed by atoms with Gasteiger partial charge in [-0.15, -0.1) is 0 Å². The molecule has 1 atom stereocenters. The second-order valence-electron chi connectivity index (χ2n) is 4.57. The zero-order valence-electron chi connectivity index (χ0n) is 11.3. The van der Waals surface area contributed by atoms with E-state index in [2.05, 4.69) is 5.32 Å². The molecule has 2 aromatic rings. The molecule has 0 aliphatic carbocycles. The van der Waals surface area contributed by atoms with Gasteiger partial charge in [0.25, 0.3) is 5.91 Å². The van der Waals surface area contributed by atoms with E-state index in [9.17, 15) is 14.0 Å². The Hall–Kier alpha value is -2.69. The van der Waals surface area contributed by atoms with Crippen molar-refractivity contribution >= 4 is 11.9 Å². The van der Waals surface area contributed by atoms with Gasteiger partial charge in [-0.05, 0) is 25.1 Å². The van der Waals surface area contributed by atoms with Crippen LogP contribution in [0.5, 0.6) is 0 Å². The van der Waals surface area contributed by atoms with Gasteiger partial charge in [0.1, 0.15) is 5.82 Å². The van der Waals surface area contributed by atoms with Crippen molar-refractivity contribution in [3.8, 4) is 0 Å². The first-order valence-electron chi connectivity index (χ1n) is 6.38. The number of aromatic carboxylic acids is 1. The van der Waals surface area contributed by atoms with E-state index in [4.69, 9.17) is 5.11 Å². The van der Waals surface area contributed by atoms with Gasteiger partial charge in [-0.1, -0.05) is 30.3 Å². The number of hydrogen-bond acceptors (Lipinski definition) is 2. The number of carbonyl (C=O) groups excluding carboxylic acids is 1. The number of carboxylic acids is 1. The summed E-state index contributed by atoms with van der Waals surface area (Å²) in [7, 11) is 0. The molecule has 2 N–H and O–H groups in total. The Morgan fingerprint density at radius 2 is 1.62 bits per heavy atom. The summed E-state index contributed by atoms with van der Waals surface area (Å²) in [6.45, 7) is 1.64. The molecule has 2 rings (SSSR count). The predicted octanol–water partition coefficient (Wildman–Crippen LogP) is 3.01. The summed E-state index contributed by atoms with van der Waals surface area (Å²) in [5.74, 6) is -2.15. The van der Waals surface area contributed by atoms with E-state index in [1.54, 1.807) is 37.3 Å². The summed E-state index contributed by atoms with van der Waals surface area (Å²) in [6, 6.07) is 11.4. The lowest BCUT2D eigenvalue weighted by molar-refractivity contribution is 0.0690. The summed E-state index contributed by atoms with van der Waals surface area (Å²) in [5, 5.41) is 11.7. The number of carbonyl (C=O) groups is 2. The molecule has 0 aliphatic rings. The molecule has 0 unspecified atom stereocenters. The third kappa shape index (κ3) is 3.25. The average molecular weight is 287 g/mol. The van der Waals surface area contributed by atoms with E-state index in [1.165, 1.54) is 18.2 Å². The van der Waals surface area contributed by atoms with Crippen LogP contribution in [0.15, 0.2) is 48.5 Å². The van der Waals surface area contributed by atoms with Crippen LogP contribution >= 0.6 is 0 Å². The van der Waals surface area contributed by atoms with E-state index in [0.29, 0.717) is 5.56 Å². The average Bonchev–Trinajstić information content (AvgIpc) is 2.47. The van der Waals surface area contributed by atoms with Crippen LogP contribution in [0.1, 0.15) is 39.2 Å². The molecule has 0 bridgehead atoms. The van der Waals surface area contributed by atoms with Crippen molar-refractivity contribution in [3.63, 3.8) is 0 Å². The summed E-state index contributed by atoms with van der Waals surface area (Å²) < 4.78 is 13.7. The highest BCUT2D eigenvalue weighted by atomic mass is 19.1. The number of nitrogens with one attached hydrogen (secondary N) is 1. The standard InChI is InChI=1S/C16H14FNO3/c1-10(11-6-4-5-9-14(11)17)18-15(19)12-7-2-3-8-13(12)16(20)21/h2-10H,1H3,(H,18,19)(H,20,21)/t10-/m1/s1. The van der Waals surface area contributed by atoms with E-state index in [0.717, 1.165) is 0 Å². The summed E-state index contributed by atoms with van der Waals surface area (Å²) >= 11 is 0. The molecule has 108 valence electrons. The number of amides is 1. The molecular formula is C16H14FNO3. The minimum atomic E-state index is -1.18. The Morgan fingerprint density at radius 3 is 2.24 bits per heavy atom. The third-order valence-corrected chi connectivity index (χ3v) is 3.12. The molecule has 5 heteroatoms. The maximum atomic E-state index is 13.7. The molecule has 0 aromatic heterocycles. The highest BCUT2D eigenvalue weighted by molar-refractivity contribution is 6.04. The molecule has 0 saturated heterocycles. The largest absolute Gasteiger partial charge is 0.478 e. The van der Waals surface area contributed by atoms with Crippen LogP contribution in [-0.4, -0.2) is 17.0 Å². The molecule has 0 saturated carbocycles. The molecule has 1 amide bonds. The first-order valence-corrected chi connectivity index (χ1v) is 6.38. The molecule has 0 aliphatic heterocycles. The zero-order chi connectivity index (χ0) is 15.4. The Labute approximate surface area is 121 Å². The van der Waals surface area contributed by atoms with Crippen molar-refractivity contribution in [2.45, 2.75) is 13.0 Å². The Bertz CT molecular complexity index is 685. The maximum absolute atomic E-state index is 13.7. The predicted molar refractivity (Wildman–Crippen MR) is 75.7 cm³/mol. The van der Waals surface area contributed by atoms with Gasteiger partial charge in [-0.3, -0.25) is 4.79 Å². The van der Waals surface area contributed by atoms with E-state index >= 15 is 0 Å². The lowest BCUT2D eigenvalue weighted by Crippen LogP contribution is -2.28. The topological polar surface area (TPSA) is 66.4 Å². The van der Waals surface area contributed by atoms with Crippen molar-refractivity contribution < 1.29 is 19.1 Å². The number of benzene rings is 2. The third-order valence-electron chi connectivity index (χ3n) is 3.12. The van der Waals surface area contributed by atoms with Gasteiger partial charge in [0.05, 0.1) is 17.2 Å². The summed E-state index contributed by atoms with van der Waals surface area (Å²) in [4.78, 5) is 23.3. The van der Waals surface area contributed by atoms with Crippen LogP contribution < -0.4 is 5.32 Å². The minimum absolute atomic E-state index is 0.0492. The van der Waals surface area contributed by atoms with Crippen molar-refractivity contribution in [3.05, 3.63) is 71.0 Å². The van der Waals surface area contributed by atoms with Crippen LogP contribution in [-0.2, 0) is 0 Å². The Kier molecular flexibility index (Phi) is 4.33. The van der Waals surface area contributed by atoms with Gasteiger partial charge in [0.2, 0.25) is 0 Å². The van der Waals surface area contributed by atoms with Crippen molar-refractivity contribution in [2.75, 3.05) is 0 Å². The number of hydrogen-bond donors (Lipinski definition) is 2. The number of rotatable bonds is 4. The fraction of sp³-hybridized carbons (Fsp3) is 0.125. The first kappa shape index (κ1) is 14.7. The molecule has 0 spiro atoms. The van der Waals surface area contributed by atoms with Gasteiger partial charge >= 0.3 is 5.97 Å². The van der Waals surface area contributed by atoms with Gasteiger partial charge in [-0.2, -0.15) is 0 Å². The Balaban J connectivity index is 2.23. The van der Waals surface area contributed by atoms with Crippen LogP contribution in [0.25, 0.3) is 0 Å². The summed E-state index contributed by atoms with van der Waals surface area (Å²) in [5.41, 5.74) is 0.308. The van der Waals surface area contributed by atoms with Crippen LogP contribution in [0, 0.1) is 5.82 Å². The SMILES string of the molecule is C[C@@H](NC(=O)c1ccccc1C(=O)O)c1ccccc1F. The molecule has 21 heavy (non-hydrogen) atoms. The molecular weight excluding hydrogens is 273 g/mol. The number of carboxylic acid groups (broad SMARTS) is 1. The fourth-order valence-electron chi connectivity index (χ4n) is 2.05. The highest BCUT2D eigenvalue weighted by Gasteiger charge is 2.19. The van der Waals surface area contributed by atoms with Crippen LogP contribution in [0.3, 0.4) is 0 Å². The van der Waals surface area contributed by atoms with Gasteiger partial charge in [-0.25, -0.2) is 9.18 Å². The monoisotopic (exact) mass is 287 g/mol. The van der Waals surface area contributed by atoms with Gasteiger partial charge in [0.15, 0.2) is 0 Å². The van der Waals surface area contributed by atoms with Gasteiger partial charge < -0.3 is 10.4 Å². The second-order valence-corrected chi connectivity index (χ2v) is 4.57. The quantitative estimate of drug-likeness (QED) is 0.908. The van der Waals surface area contributed by atoms with E-state index in [-0.39, 0.29) is 11.1 Å². The Morgan fingerprint density at radius 1 is 1.05 bits per heavy atom. The smallest absolute Gasteiger partial charge is 0.336 e. The second kappa shape index (κ2) is 6.17. The molecule has 0 heterocycles. The lowest BCUT2D eigenvalue weighted by atomic mass is 10.0. The first-order chi connectivity index (χ1) is 10.0. The molecule has 0 fully saturated rings. The fourth-order valence-corrected chi connectivity index (χ4v) is 2.05. The van der Waals surface area contributed by atoms with Crippen LogP contribution in [0.2, 0.25) is 0 Å². The molecule has 0 radical (unpaired) electrons. The highest BCUT2D eigenvalue weighted by Crippen LogP contribution is 2.17. The van der Waals surface area contributed by atoms with Gasteiger partial charge in [0, 0.05) is 5.56 Å². The number of halogens is 1.